The number of aryl methyl sites for hydroxylation is 1. The van der Waals surface area contributed by atoms with Crippen LogP contribution >= 0.6 is 0 Å². The summed E-state index contributed by atoms with van der Waals surface area (Å²) in [6, 6.07) is 14.2. The van der Waals surface area contributed by atoms with Gasteiger partial charge >= 0.3 is 5.69 Å². The van der Waals surface area contributed by atoms with Gasteiger partial charge in [0.2, 0.25) is 5.82 Å². The van der Waals surface area contributed by atoms with Crippen molar-refractivity contribution < 1.29 is 9.31 Å². The van der Waals surface area contributed by atoms with Crippen molar-refractivity contribution in [3.63, 3.8) is 0 Å². The van der Waals surface area contributed by atoms with Gasteiger partial charge in [-0.2, -0.15) is 4.39 Å². The molecule has 0 bridgehead atoms. The van der Waals surface area contributed by atoms with Gasteiger partial charge in [-0.3, -0.25) is 10.1 Å². The minimum Gasteiger partial charge on any atom is -0.313 e. The average molecular weight is 288 g/mol. The Hall–Kier alpha value is -2.27. The van der Waals surface area contributed by atoms with Crippen molar-refractivity contribution in [3.05, 3.63) is 75.6 Å². The monoisotopic (exact) mass is 288 g/mol. The van der Waals surface area contributed by atoms with Gasteiger partial charge in [0.15, 0.2) is 0 Å². The predicted octanol–water partition coefficient (Wildman–Crippen LogP) is 3.63. The van der Waals surface area contributed by atoms with Gasteiger partial charge in [0.1, 0.15) is 0 Å². The Morgan fingerprint density at radius 3 is 2.52 bits per heavy atom. The zero-order valence-electron chi connectivity index (χ0n) is 11.8. The van der Waals surface area contributed by atoms with Crippen LogP contribution < -0.4 is 5.32 Å². The van der Waals surface area contributed by atoms with Crippen LogP contribution in [0.4, 0.5) is 10.1 Å². The lowest BCUT2D eigenvalue weighted by Gasteiger charge is -2.16. The highest BCUT2D eigenvalue weighted by Gasteiger charge is 2.18. The van der Waals surface area contributed by atoms with Crippen molar-refractivity contribution in [2.24, 2.45) is 0 Å². The number of benzene rings is 2. The summed E-state index contributed by atoms with van der Waals surface area (Å²) in [5, 5.41) is 13.9. The average Bonchev–Trinajstić information content (AvgIpc) is 2.50. The van der Waals surface area contributed by atoms with E-state index in [9.17, 15) is 14.5 Å². The summed E-state index contributed by atoms with van der Waals surface area (Å²) in [5.74, 6) is -0.731. The highest BCUT2D eigenvalue weighted by molar-refractivity contribution is 5.37. The topological polar surface area (TPSA) is 55.2 Å². The third kappa shape index (κ3) is 3.64. The lowest BCUT2D eigenvalue weighted by Crippen LogP contribution is -2.17. The molecule has 1 N–H and O–H groups in total. The Bertz CT molecular complexity index is 617. The molecule has 0 aliphatic rings. The lowest BCUT2D eigenvalue weighted by molar-refractivity contribution is -0.387. The summed E-state index contributed by atoms with van der Waals surface area (Å²) in [6.07, 6.45) is 1.10. The van der Waals surface area contributed by atoms with Gasteiger partial charge in [-0.25, -0.2) is 0 Å². The van der Waals surface area contributed by atoms with Gasteiger partial charge in [-0.05, 0) is 31.0 Å². The zero-order valence-corrected chi connectivity index (χ0v) is 11.8. The van der Waals surface area contributed by atoms with Crippen LogP contribution in [0.15, 0.2) is 48.5 Å². The molecular formula is C16H17FN2O2. The molecule has 0 heterocycles. The molecule has 0 spiro atoms. The molecule has 2 aromatic carbocycles. The van der Waals surface area contributed by atoms with E-state index >= 15 is 0 Å². The SMILES string of the molecule is CNC(CCc1cccc([N+](=O)[O-])c1F)c1ccccc1. The lowest BCUT2D eigenvalue weighted by atomic mass is 9.98. The standard InChI is InChI=1S/C16H17FN2O2/c1-18-14(12-6-3-2-4-7-12)11-10-13-8-5-9-15(16(13)17)19(20)21/h2-9,14,18H,10-11H2,1H3. The summed E-state index contributed by atoms with van der Waals surface area (Å²) in [5.41, 5.74) is 1.03. The maximum atomic E-state index is 14.0. The van der Waals surface area contributed by atoms with Gasteiger partial charge in [0, 0.05) is 12.1 Å². The quantitative estimate of drug-likeness (QED) is 0.652. The van der Waals surface area contributed by atoms with Crippen LogP contribution in [0.2, 0.25) is 0 Å². The van der Waals surface area contributed by atoms with E-state index in [1.807, 2.05) is 37.4 Å². The number of hydrogen-bond donors (Lipinski definition) is 1. The normalized spacial score (nSPS) is 12.1. The van der Waals surface area contributed by atoms with Crippen LogP contribution in [0.25, 0.3) is 0 Å². The molecular weight excluding hydrogens is 271 g/mol. The molecule has 2 rings (SSSR count). The van der Waals surface area contributed by atoms with Gasteiger partial charge in [-0.15, -0.1) is 0 Å². The Morgan fingerprint density at radius 2 is 1.90 bits per heavy atom. The summed E-state index contributed by atoms with van der Waals surface area (Å²) in [4.78, 5) is 10.1. The van der Waals surface area contributed by atoms with Crippen LogP contribution in [0.1, 0.15) is 23.6 Å². The first-order chi connectivity index (χ1) is 10.1. The highest BCUT2D eigenvalue weighted by atomic mass is 19.1. The Labute approximate surface area is 122 Å². The number of hydrogen-bond acceptors (Lipinski definition) is 3. The molecule has 1 atom stereocenters. The van der Waals surface area contributed by atoms with Crippen LogP contribution in [0, 0.1) is 15.9 Å². The van der Waals surface area contributed by atoms with Crippen molar-refractivity contribution in [3.8, 4) is 0 Å². The summed E-state index contributed by atoms with van der Waals surface area (Å²) < 4.78 is 14.0. The third-order valence-corrected chi connectivity index (χ3v) is 3.51. The van der Waals surface area contributed by atoms with Gasteiger partial charge < -0.3 is 5.32 Å². The Kier molecular flexibility index (Phi) is 5.00. The molecule has 0 aromatic heterocycles. The third-order valence-electron chi connectivity index (χ3n) is 3.51. The fraction of sp³-hybridized carbons (Fsp3) is 0.250. The van der Waals surface area contributed by atoms with E-state index in [1.165, 1.54) is 12.1 Å². The second-order valence-corrected chi connectivity index (χ2v) is 4.80. The molecule has 5 heteroatoms. The largest absolute Gasteiger partial charge is 0.313 e. The molecule has 1 unspecified atom stereocenters. The van der Waals surface area contributed by atoms with Crippen LogP contribution in [0.3, 0.4) is 0 Å². The minimum atomic E-state index is -0.731. The molecule has 0 aliphatic carbocycles. The maximum absolute atomic E-state index is 14.0. The second-order valence-electron chi connectivity index (χ2n) is 4.80. The molecule has 0 amide bonds. The van der Waals surface area contributed by atoms with Crippen molar-refractivity contribution in [2.75, 3.05) is 7.05 Å². The number of rotatable bonds is 6. The Balaban J connectivity index is 2.12. The van der Waals surface area contributed by atoms with Gasteiger partial charge in [-0.1, -0.05) is 42.5 Å². The van der Waals surface area contributed by atoms with E-state index in [0.717, 1.165) is 5.56 Å². The smallest absolute Gasteiger partial charge is 0.305 e. The van der Waals surface area contributed by atoms with Crippen LogP contribution in [-0.2, 0) is 6.42 Å². The maximum Gasteiger partial charge on any atom is 0.305 e. The van der Waals surface area contributed by atoms with Crippen molar-refractivity contribution in [1.82, 2.24) is 5.32 Å². The fourth-order valence-corrected chi connectivity index (χ4v) is 2.36. The number of nitro groups is 1. The van der Waals surface area contributed by atoms with Crippen molar-refractivity contribution >= 4 is 5.69 Å². The van der Waals surface area contributed by atoms with E-state index in [2.05, 4.69) is 5.32 Å². The van der Waals surface area contributed by atoms with E-state index in [-0.39, 0.29) is 6.04 Å². The van der Waals surface area contributed by atoms with Crippen LogP contribution in [0.5, 0.6) is 0 Å². The molecule has 0 aliphatic heterocycles. The van der Waals surface area contributed by atoms with Gasteiger partial charge in [0.05, 0.1) is 4.92 Å². The number of halogens is 1. The molecule has 0 saturated heterocycles. The first-order valence-corrected chi connectivity index (χ1v) is 6.77. The van der Waals surface area contributed by atoms with E-state index in [4.69, 9.17) is 0 Å². The van der Waals surface area contributed by atoms with Crippen molar-refractivity contribution in [1.29, 1.82) is 0 Å². The summed E-state index contributed by atoms with van der Waals surface area (Å²) in [6.45, 7) is 0. The first-order valence-electron chi connectivity index (χ1n) is 6.77. The minimum absolute atomic E-state index is 0.0878. The predicted molar refractivity (Wildman–Crippen MR) is 79.6 cm³/mol. The second kappa shape index (κ2) is 6.95. The number of nitrogens with one attached hydrogen (secondary N) is 1. The highest BCUT2D eigenvalue weighted by Crippen LogP contribution is 2.24. The van der Waals surface area contributed by atoms with E-state index in [0.29, 0.717) is 18.4 Å². The zero-order chi connectivity index (χ0) is 15.2. The van der Waals surface area contributed by atoms with E-state index < -0.39 is 16.4 Å². The molecule has 110 valence electrons. The molecule has 0 fully saturated rings. The Morgan fingerprint density at radius 1 is 1.19 bits per heavy atom. The number of nitro benzene ring substituents is 1. The fourth-order valence-electron chi connectivity index (χ4n) is 2.36. The molecule has 2 aromatic rings. The van der Waals surface area contributed by atoms with E-state index in [1.54, 1.807) is 6.07 Å². The first kappa shape index (κ1) is 15.1. The molecule has 21 heavy (non-hydrogen) atoms. The molecule has 0 radical (unpaired) electrons. The van der Waals surface area contributed by atoms with Gasteiger partial charge in [0.25, 0.3) is 0 Å². The summed E-state index contributed by atoms with van der Waals surface area (Å²) >= 11 is 0. The summed E-state index contributed by atoms with van der Waals surface area (Å²) in [7, 11) is 1.85. The molecule has 4 nitrogen and oxygen atoms in total. The van der Waals surface area contributed by atoms with Crippen molar-refractivity contribution in [2.45, 2.75) is 18.9 Å². The number of nitrogens with zero attached hydrogens (tertiary/aromatic N) is 1. The van der Waals surface area contributed by atoms with Crippen LogP contribution in [-0.4, -0.2) is 12.0 Å². The molecule has 0 saturated carbocycles.